The average Bonchev–Trinajstić information content (AvgIpc) is 3.22. The van der Waals surface area contributed by atoms with E-state index in [1.165, 1.54) is 24.5 Å². The number of aromatic nitrogens is 5. The summed E-state index contributed by atoms with van der Waals surface area (Å²) in [6.07, 6.45) is 9.13. The summed E-state index contributed by atoms with van der Waals surface area (Å²) in [4.78, 5) is 21.2. The summed E-state index contributed by atoms with van der Waals surface area (Å²) >= 11 is 0. The number of nitrogens with two attached hydrogens (primary N) is 1. The van der Waals surface area contributed by atoms with Crippen molar-refractivity contribution in [1.29, 1.82) is 5.41 Å². The highest BCUT2D eigenvalue weighted by atomic mass is 19.1. The monoisotopic (exact) mass is 429 g/mol. The van der Waals surface area contributed by atoms with Gasteiger partial charge >= 0.3 is 0 Å². The van der Waals surface area contributed by atoms with Crippen molar-refractivity contribution in [2.45, 2.75) is 26.3 Å². The van der Waals surface area contributed by atoms with Crippen molar-refractivity contribution in [3.05, 3.63) is 54.1 Å². The zero-order chi connectivity index (χ0) is 22.6. The highest BCUT2D eigenvalue weighted by molar-refractivity contribution is 5.77. The molecule has 3 aromatic heterocycles. The van der Waals surface area contributed by atoms with Gasteiger partial charge in [0, 0.05) is 18.6 Å². The van der Waals surface area contributed by atoms with Gasteiger partial charge in [0.25, 0.3) is 0 Å². The Kier molecular flexibility index (Phi) is 9.13. The van der Waals surface area contributed by atoms with Crippen LogP contribution in [0.3, 0.4) is 0 Å². The highest BCUT2D eigenvalue weighted by Crippen LogP contribution is 2.20. The minimum absolute atomic E-state index is 0.190. The molecule has 0 spiro atoms. The van der Waals surface area contributed by atoms with Crippen molar-refractivity contribution in [2.75, 3.05) is 6.61 Å². The van der Waals surface area contributed by atoms with Crippen molar-refractivity contribution < 1.29 is 14.7 Å². The van der Waals surface area contributed by atoms with Crippen LogP contribution in [-0.2, 0) is 13.0 Å². The van der Waals surface area contributed by atoms with Crippen LogP contribution in [0.1, 0.15) is 24.7 Å². The maximum Gasteiger partial charge on any atom is 0.172 e. The van der Waals surface area contributed by atoms with Crippen molar-refractivity contribution in [3.63, 3.8) is 0 Å². The van der Waals surface area contributed by atoms with E-state index in [0.29, 0.717) is 18.2 Å². The van der Waals surface area contributed by atoms with Gasteiger partial charge in [-0.3, -0.25) is 21.1 Å². The van der Waals surface area contributed by atoms with Gasteiger partial charge in [0.1, 0.15) is 17.9 Å². The number of amidine groups is 1. The van der Waals surface area contributed by atoms with Gasteiger partial charge in [0.2, 0.25) is 0 Å². The number of hydroxylamine groups is 1. The van der Waals surface area contributed by atoms with E-state index in [4.69, 9.17) is 15.7 Å². The van der Waals surface area contributed by atoms with E-state index < -0.39 is 5.82 Å². The Morgan fingerprint density at radius 1 is 1.32 bits per heavy atom. The van der Waals surface area contributed by atoms with Gasteiger partial charge in [-0.1, -0.05) is 13.3 Å². The molecular weight excluding hydrogens is 405 g/mol. The van der Waals surface area contributed by atoms with Crippen LogP contribution in [0.15, 0.2) is 41.9 Å². The normalized spacial score (nSPS) is 10.6. The van der Waals surface area contributed by atoms with E-state index in [0.717, 1.165) is 30.6 Å². The van der Waals surface area contributed by atoms with E-state index in [-0.39, 0.29) is 18.1 Å². The quantitative estimate of drug-likeness (QED) is 0.203. The molecule has 0 radical (unpaired) electrons. The van der Waals surface area contributed by atoms with E-state index in [9.17, 15) is 4.39 Å². The van der Waals surface area contributed by atoms with E-state index in [2.05, 4.69) is 30.7 Å². The molecule has 11 nitrogen and oxygen atoms in total. The molecular formula is C19H24FN9O2. The fourth-order valence-electron chi connectivity index (χ4n) is 2.53. The molecule has 0 unspecified atom stereocenters. The van der Waals surface area contributed by atoms with Gasteiger partial charge in [-0.15, -0.1) is 0 Å². The predicted octanol–water partition coefficient (Wildman–Crippen LogP) is 1.43. The summed E-state index contributed by atoms with van der Waals surface area (Å²) in [5.41, 5.74) is 8.19. The topological polar surface area (TPSA) is 171 Å². The van der Waals surface area contributed by atoms with Crippen molar-refractivity contribution in [3.8, 4) is 11.5 Å². The zero-order valence-electron chi connectivity index (χ0n) is 16.9. The van der Waals surface area contributed by atoms with Crippen LogP contribution < -0.4 is 11.2 Å². The number of pyridine rings is 1. The fraction of sp³-hybridized carbons (Fsp3) is 0.263. The zero-order valence-corrected chi connectivity index (χ0v) is 16.9. The van der Waals surface area contributed by atoms with Gasteiger partial charge in [-0.25, -0.2) is 24.3 Å². The standard InChI is InChI=1S/C17H18FN7O.C2H6N2O/c1-2-4-13-14(21-9-15(24-13)22-11-23-26)10-25-8-7-20-17(25)16-12(18)5-3-6-19-16;3-2(4)1-5/h3,5-9,11,26H,2,4,10H2,1H3,(H,22,23,24);5H,1H2,(H3,3,4). The predicted molar refractivity (Wildman–Crippen MR) is 113 cm³/mol. The molecule has 0 atom stereocenters. The molecule has 0 bridgehead atoms. The van der Waals surface area contributed by atoms with Gasteiger partial charge < -0.3 is 15.4 Å². The Morgan fingerprint density at radius 3 is 2.74 bits per heavy atom. The second kappa shape index (κ2) is 12.0. The first-order valence-corrected chi connectivity index (χ1v) is 9.32. The van der Waals surface area contributed by atoms with Gasteiger partial charge in [-0.2, -0.15) is 0 Å². The molecule has 0 amide bonds. The van der Waals surface area contributed by atoms with E-state index in [1.54, 1.807) is 17.0 Å². The minimum atomic E-state index is -0.430. The Bertz CT molecular complexity index is 1020. The second-order valence-corrected chi connectivity index (χ2v) is 6.15. The summed E-state index contributed by atoms with van der Waals surface area (Å²) in [6.45, 7) is 2.10. The number of aliphatic imine (C=N–C) groups is 1. The number of rotatable bonds is 8. The molecule has 3 heterocycles. The summed E-state index contributed by atoms with van der Waals surface area (Å²) in [6, 6.07) is 2.89. The number of halogens is 1. The third kappa shape index (κ3) is 6.90. The largest absolute Gasteiger partial charge is 0.388 e. The lowest BCUT2D eigenvalue weighted by Crippen LogP contribution is -2.13. The lowest BCUT2D eigenvalue weighted by atomic mass is 10.2. The third-order valence-corrected chi connectivity index (χ3v) is 3.84. The molecule has 0 aliphatic rings. The molecule has 12 heteroatoms. The summed E-state index contributed by atoms with van der Waals surface area (Å²) in [5.74, 6) is 0.199. The molecule has 31 heavy (non-hydrogen) atoms. The summed E-state index contributed by atoms with van der Waals surface area (Å²) in [5, 5.41) is 22.7. The SMILES string of the molecule is CCCc1nc(N=CNO)cnc1Cn1ccnc1-c1ncccc1F.N=C(N)CO. The van der Waals surface area contributed by atoms with Crippen LogP contribution in [0, 0.1) is 11.2 Å². The molecule has 0 saturated carbocycles. The molecule has 164 valence electrons. The fourth-order valence-corrected chi connectivity index (χ4v) is 2.53. The Labute approximate surface area is 178 Å². The van der Waals surface area contributed by atoms with Crippen LogP contribution in [0.5, 0.6) is 0 Å². The molecule has 0 saturated heterocycles. The first kappa shape index (κ1) is 23.5. The van der Waals surface area contributed by atoms with Gasteiger partial charge in [-0.05, 0) is 18.6 Å². The smallest absolute Gasteiger partial charge is 0.172 e. The number of nitrogens with one attached hydrogen (secondary N) is 2. The Morgan fingerprint density at radius 2 is 2.10 bits per heavy atom. The highest BCUT2D eigenvalue weighted by Gasteiger charge is 2.15. The number of aliphatic hydroxyl groups excluding tert-OH is 1. The number of hydrogen-bond donors (Lipinski definition) is 5. The maximum atomic E-state index is 14.1. The molecule has 0 fully saturated rings. The van der Waals surface area contributed by atoms with Crippen LogP contribution >= 0.6 is 0 Å². The number of aryl methyl sites for hydroxylation is 1. The third-order valence-electron chi connectivity index (χ3n) is 3.84. The molecule has 3 rings (SSSR count). The molecule has 0 aromatic carbocycles. The van der Waals surface area contributed by atoms with E-state index >= 15 is 0 Å². The van der Waals surface area contributed by atoms with Crippen LogP contribution in [0.4, 0.5) is 10.2 Å². The van der Waals surface area contributed by atoms with Crippen molar-refractivity contribution in [2.24, 2.45) is 10.7 Å². The second-order valence-electron chi connectivity index (χ2n) is 6.15. The maximum absolute atomic E-state index is 14.1. The Hall–Kier alpha value is -3.77. The number of imidazole rings is 1. The summed E-state index contributed by atoms with van der Waals surface area (Å²) < 4.78 is 15.8. The average molecular weight is 429 g/mol. The first-order valence-electron chi connectivity index (χ1n) is 9.32. The molecule has 0 aliphatic heterocycles. The lowest BCUT2D eigenvalue weighted by molar-refractivity contribution is 0.240. The number of hydrogen-bond acceptors (Lipinski definition) is 8. The summed E-state index contributed by atoms with van der Waals surface area (Å²) in [7, 11) is 0. The van der Waals surface area contributed by atoms with Crippen LogP contribution in [0.2, 0.25) is 0 Å². The minimum Gasteiger partial charge on any atom is -0.388 e. The molecule has 6 N–H and O–H groups in total. The van der Waals surface area contributed by atoms with E-state index in [1.807, 2.05) is 12.4 Å². The van der Waals surface area contributed by atoms with Crippen LogP contribution in [0.25, 0.3) is 11.5 Å². The van der Waals surface area contributed by atoms with Crippen molar-refractivity contribution >= 4 is 18.0 Å². The Balaban J connectivity index is 0.000000614. The van der Waals surface area contributed by atoms with Crippen LogP contribution in [-0.4, -0.2) is 53.6 Å². The van der Waals surface area contributed by atoms with Gasteiger partial charge in [0.15, 0.2) is 17.5 Å². The number of nitrogens with zero attached hydrogens (tertiary/aromatic N) is 6. The first-order chi connectivity index (χ1) is 15.0. The lowest BCUT2D eigenvalue weighted by Gasteiger charge is -2.11. The molecule has 0 aliphatic carbocycles. The number of aliphatic hydroxyl groups is 1. The van der Waals surface area contributed by atoms with Crippen molar-refractivity contribution in [1.82, 2.24) is 30.0 Å². The van der Waals surface area contributed by atoms with Gasteiger partial charge in [0.05, 0.1) is 30.7 Å². The molecule has 3 aromatic rings.